The summed E-state index contributed by atoms with van der Waals surface area (Å²) in [6, 6.07) is 8.32. The number of oxazole rings is 1. The van der Waals surface area contributed by atoms with E-state index < -0.39 is 18.0 Å². The molecule has 8 nitrogen and oxygen atoms in total. The molecule has 0 aliphatic heterocycles. The number of alkyl halides is 3. The minimum absolute atomic E-state index is 0.0360. The SMILES string of the molecule is CN(Cc1nc2ccc(OC(F)(F)F)cc2[nH]1)C(=O)Cn1c(=O)oc2ccc(Cl)cc21. The minimum Gasteiger partial charge on any atom is -0.408 e. The molecule has 31 heavy (non-hydrogen) atoms. The van der Waals surface area contributed by atoms with Gasteiger partial charge in [0, 0.05) is 18.1 Å². The summed E-state index contributed by atoms with van der Waals surface area (Å²) in [6.07, 6.45) is -4.80. The molecule has 0 saturated heterocycles. The molecule has 0 unspecified atom stereocenters. The van der Waals surface area contributed by atoms with E-state index in [0.717, 1.165) is 6.07 Å². The first-order valence-electron chi connectivity index (χ1n) is 8.86. The number of benzene rings is 2. The number of carbonyl (C=O) groups is 1. The zero-order valence-electron chi connectivity index (χ0n) is 15.9. The zero-order valence-corrected chi connectivity index (χ0v) is 16.6. The fraction of sp³-hybridized carbons (Fsp3) is 0.211. The third-order valence-electron chi connectivity index (χ3n) is 4.47. The minimum atomic E-state index is -4.80. The molecule has 0 saturated carbocycles. The van der Waals surface area contributed by atoms with Gasteiger partial charge in [0.05, 0.1) is 23.1 Å². The Morgan fingerprint density at radius 1 is 1.29 bits per heavy atom. The number of ether oxygens (including phenoxy) is 1. The molecule has 0 radical (unpaired) electrons. The van der Waals surface area contributed by atoms with Crippen LogP contribution in [0.4, 0.5) is 13.2 Å². The maximum atomic E-state index is 12.6. The molecule has 162 valence electrons. The van der Waals surface area contributed by atoms with E-state index in [2.05, 4.69) is 14.7 Å². The summed E-state index contributed by atoms with van der Waals surface area (Å²) in [6.45, 7) is -0.249. The van der Waals surface area contributed by atoms with E-state index in [1.165, 1.54) is 40.8 Å². The van der Waals surface area contributed by atoms with Crippen LogP contribution >= 0.6 is 11.6 Å². The molecule has 4 rings (SSSR count). The van der Waals surface area contributed by atoms with Crippen molar-refractivity contribution < 1.29 is 27.1 Å². The molecule has 0 atom stereocenters. The first-order valence-corrected chi connectivity index (χ1v) is 9.24. The van der Waals surface area contributed by atoms with Gasteiger partial charge in [-0.2, -0.15) is 0 Å². The number of hydrogen-bond acceptors (Lipinski definition) is 5. The number of halogens is 4. The lowest BCUT2D eigenvalue weighted by Gasteiger charge is -2.15. The largest absolute Gasteiger partial charge is 0.573 e. The predicted octanol–water partition coefficient (Wildman–Crippen LogP) is 3.68. The second kappa shape index (κ2) is 7.65. The van der Waals surface area contributed by atoms with Crippen LogP contribution in [0.25, 0.3) is 22.1 Å². The van der Waals surface area contributed by atoms with Crippen LogP contribution in [-0.4, -0.2) is 38.8 Å². The first kappa shape index (κ1) is 20.8. The number of imidazole rings is 1. The molecule has 2 heterocycles. The van der Waals surface area contributed by atoms with Crippen molar-refractivity contribution in [2.45, 2.75) is 19.5 Å². The van der Waals surface area contributed by atoms with Crippen LogP contribution in [0.15, 0.2) is 45.6 Å². The van der Waals surface area contributed by atoms with Crippen molar-refractivity contribution in [3.63, 3.8) is 0 Å². The van der Waals surface area contributed by atoms with Crippen molar-refractivity contribution in [3.05, 3.63) is 57.8 Å². The quantitative estimate of drug-likeness (QED) is 0.496. The Bertz CT molecular complexity index is 1340. The molecular formula is C19H14ClF3N4O4. The molecule has 0 spiro atoms. The van der Waals surface area contributed by atoms with Gasteiger partial charge in [-0.3, -0.25) is 9.36 Å². The van der Waals surface area contributed by atoms with Gasteiger partial charge in [0.1, 0.15) is 18.1 Å². The molecule has 0 fully saturated rings. The number of amides is 1. The zero-order chi connectivity index (χ0) is 22.3. The van der Waals surface area contributed by atoms with Gasteiger partial charge in [-0.25, -0.2) is 9.78 Å². The molecule has 12 heteroatoms. The number of rotatable bonds is 5. The first-order chi connectivity index (χ1) is 14.6. The van der Waals surface area contributed by atoms with Crippen LogP contribution in [0.2, 0.25) is 5.02 Å². The number of hydrogen-bond donors (Lipinski definition) is 1. The summed E-state index contributed by atoms with van der Waals surface area (Å²) < 4.78 is 47.3. The smallest absolute Gasteiger partial charge is 0.408 e. The van der Waals surface area contributed by atoms with Crippen LogP contribution in [0.1, 0.15) is 5.82 Å². The Morgan fingerprint density at radius 3 is 2.81 bits per heavy atom. The highest BCUT2D eigenvalue weighted by atomic mass is 35.5. The Labute approximate surface area is 176 Å². The summed E-state index contributed by atoms with van der Waals surface area (Å²) in [7, 11) is 1.51. The predicted molar refractivity (Wildman–Crippen MR) is 105 cm³/mol. The van der Waals surface area contributed by atoms with Crippen molar-refractivity contribution in [3.8, 4) is 5.75 Å². The van der Waals surface area contributed by atoms with E-state index in [1.807, 2.05) is 0 Å². The third-order valence-corrected chi connectivity index (χ3v) is 4.71. The monoisotopic (exact) mass is 454 g/mol. The van der Waals surface area contributed by atoms with Crippen molar-refractivity contribution in [1.29, 1.82) is 0 Å². The lowest BCUT2D eigenvalue weighted by atomic mass is 10.3. The average molecular weight is 455 g/mol. The van der Waals surface area contributed by atoms with Crippen LogP contribution in [-0.2, 0) is 17.9 Å². The summed E-state index contributed by atoms with van der Waals surface area (Å²) in [5.74, 6) is -1.14. The van der Waals surface area contributed by atoms with Gasteiger partial charge in [0.25, 0.3) is 0 Å². The molecule has 0 aliphatic carbocycles. The van der Waals surface area contributed by atoms with E-state index in [9.17, 15) is 22.8 Å². The molecule has 4 aromatic rings. The molecular weight excluding hydrogens is 441 g/mol. The Balaban J connectivity index is 1.50. The van der Waals surface area contributed by atoms with Crippen molar-refractivity contribution >= 4 is 39.6 Å². The van der Waals surface area contributed by atoms with Gasteiger partial charge < -0.3 is 19.0 Å². The lowest BCUT2D eigenvalue weighted by Crippen LogP contribution is -2.32. The second-order valence-corrected chi connectivity index (χ2v) is 7.16. The van der Waals surface area contributed by atoms with Gasteiger partial charge in [-0.05, 0) is 30.3 Å². The molecule has 1 amide bonds. The van der Waals surface area contributed by atoms with Crippen LogP contribution in [0, 0.1) is 0 Å². The fourth-order valence-electron chi connectivity index (χ4n) is 3.07. The number of likely N-dealkylation sites (N-methyl/N-ethyl adjacent to an activating group) is 1. The van der Waals surface area contributed by atoms with Crippen LogP contribution in [0.5, 0.6) is 5.75 Å². The fourth-order valence-corrected chi connectivity index (χ4v) is 3.23. The highest BCUT2D eigenvalue weighted by Gasteiger charge is 2.31. The van der Waals surface area contributed by atoms with Crippen molar-refractivity contribution in [2.24, 2.45) is 0 Å². The van der Waals surface area contributed by atoms with Gasteiger partial charge in [-0.15, -0.1) is 13.2 Å². The van der Waals surface area contributed by atoms with Gasteiger partial charge >= 0.3 is 12.1 Å². The molecule has 0 bridgehead atoms. The normalized spacial score (nSPS) is 11.9. The number of fused-ring (bicyclic) bond motifs is 2. The second-order valence-electron chi connectivity index (χ2n) is 6.73. The van der Waals surface area contributed by atoms with Gasteiger partial charge in [0.15, 0.2) is 5.58 Å². The lowest BCUT2D eigenvalue weighted by molar-refractivity contribution is -0.274. The van der Waals surface area contributed by atoms with E-state index in [4.69, 9.17) is 16.0 Å². The average Bonchev–Trinajstić information content (AvgIpc) is 3.20. The Kier molecular flexibility index (Phi) is 5.13. The van der Waals surface area contributed by atoms with Crippen molar-refractivity contribution in [2.75, 3.05) is 7.05 Å². The number of nitrogens with one attached hydrogen (secondary N) is 1. The third kappa shape index (κ3) is 4.50. The van der Waals surface area contributed by atoms with Gasteiger partial charge in [-0.1, -0.05) is 11.6 Å². The summed E-state index contributed by atoms with van der Waals surface area (Å²) >= 11 is 5.96. The highest BCUT2D eigenvalue weighted by molar-refractivity contribution is 6.31. The highest BCUT2D eigenvalue weighted by Crippen LogP contribution is 2.26. The summed E-state index contributed by atoms with van der Waals surface area (Å²) in [4.78, 5) is 33.1. The molecule has 0 aliphatic rings. The maximum Gasteiger partial charge on any atom is 0.573 e. The maximum absolute atomic E-state index is 12.6. The van der Waals surface area contributed by atoms with E-state index in [0.29, 0.717) is 33.0 Å². The number of carbonyl (C=O) groups excluding carboxylic acids is 1. The Morgan fingerprint density at radius 2 is 2.06 bits per heavy atom. The number of H-pyrrole nitrogens is 1. The van der Waals surface area contributed by atoms with Crippen molar-refractivity contribution in [1.82, 2.24) is 19.4 Å². The topological polar surface area (TPSA) is 93.4 Å². The number of aromatic amines is 1. The van der Waals surface area contributed by atoms with Crippen LogP contribution in [0.3, 0.4) is 0 Å². The number of nitrogens with zero attached hydrogens (tertiary/aromatic N) is 3. The van der Waals surface area contributed by atoms with E-state index >= 15 is 0 Å². The van der Waals surface area contributed by atoms with E-state index in [-0.39, 0.29) is 18.8 Å². The Hall–Kier alpha value is -3.47. The standard InChI is InChI=1S/C19H14ClF3N4O4/c1-26(17(28)9-27-14-6-10(20)2-5-15(14)30-18(27)29)8-16-24-12-4-3-11(7-13(12)25-16)31-19(21,22)23/h2-7H,8-9H2,1H3,(H,24,25). The molecule has 2 aromatic heterocycles. The van der Waals surface area contributed by atoms with E-state index in [1.54, 1.807) is 6.07 Å². The number of aromatic nitrogens is 3. The summed E-state index contributed by atoms with van der Waals surface area (Å²) in [5, 5.41) is 0.388. The summed E-state index contributed by atoms with van der Waals surface area (Å²) in [5.41, 5.74) is 1.43. The van der Waals surface area contributed by atoms with Crippen LogP contribution < -0.4 is 10.5 Å². The molecule has 1 N–H and O–H groups in total. The molecule has 2 aromatic carbocycles. The van der Waals surface area contributed by atoms with Gasteiger partial charge in [0.2, 0.25) is 5.91 Å².